The maximum absolute atomic E-state index is 14.7. The first-order chi connectivity index (χ1) is 13.8. The molecule has 13 heteroatoms. The number of halogens is 6. The van der Waals surface area contributed by atoms with Gasteiger partial charge in [-0.05, 0) is 37.1 Å². The van der Waals surface area contributed by atoms with Gasteiger partial charge in [-0.15, -0.1) is 0 Å². The van der Waals surface area contributed by atoms with Crippen LogP contribution < -0.4 is 5.14 Å². The molecule has 1 saturated carbocycles. The van der Waals surface area contributed by atoms with Gasteiger partial charge in [0.15, 0.2) is 0 Å². The maximum atomic E-state index is 14.7. The lowest BCUT2D eigenvalue weighted by molar-refractivity contribution is -0.137. The van der Waals surface area contributed by atoms with Gasteiger partial charge in [0.2, 0.25) is 0 Å². The summed E-state index contributed by atoms with van der Waals surface area (Å²) in [7, 11) is -3.99. The van der Waals surface area contributed by atoms with Gasteiger partial charge in [0, 0.05) is 19.3 Å². The molecule has 1 aromatic carbocycles. The van der Waals surface area contributed by atoms with Gasteiger partial charge in [-0.3, -0.25) is 0 Å². The number of nitrogens with zero attached hydrogens (tertiary/aromatic N) is 3. The molecular weight excluding hydrogens is 438 g/mol. The van der Waals surface area contributed by atoms with Crippen LogP contribution in [0.25, 0.3) is 5.69 Å². The minimum Gasteiger partial charge on any atom is -0.240 e. The Hall–Kier alpha value is -2.12. The highest BCUT2D eigenvalue weighted by Crippen LogP contribution is 2.75. The van der Waals surface area contributed by atoms with E-state index >= 15 is 0 Å². The van der Waals surface area contributed by atoms with Crippen molar-refractivity contribution in [3.8, 4) is 5.69 Å². The topological polar surface area (TPSA) is 81.2 Å². The summed E-state index contributed by atoms with van der Waals surface area (Å²) in [6.07, 6.45) is -4.06. The molecule has 30 heavy (non-hydrogen) atoms. The van der Waals surface area contributed by atoms with Crippen molar-refractivity contribution in [2.75, 3.05) is 13.1 Å². The molecule has 6 nitrogen and oxygen atoms in total. The van der Waals surface area contributed by atoms with Crippen molar-refractivity contribution >= 4 is 10.2 Å². The first kappa shape index (κ1) is 21.1. The summed E-state index contributed by atoms with van der Waals surface area (Å²) in [5.74, 6) is -5.64. The number of rotatable bonds is 3. The second-order valence-corrected chi connectivity index (χ2v) is 9.05. The van der Waals surface area contributed by atoms with E-state index < -0.39 is 50.7 Å². The molecule has 0 unspecified atom stereocenters. The average molecular weight is 454 g/mol. The maximum Gasteiger partial charge on any atom is 0.418 e. The smallest absolute Gasteiger partial charge is 0.240 e. The third kappa shape index (κ3) is 3.19. The molecule has 4 rings (SSSR count). The van der Waals surface area contributed by atoms with E-state index in [0.717, 1.165) is 27.3 Å². The molecule has 1 saturated heterocycles. The summed E-state index contributed by atoms with van der Waals surface area (Å²) < 4.78 is 107. The van der Waals surface area contributed by atoms with Crippen LogP contribution in [0.1, 0.15) is 30.0 Å². The lowest BCUT2D eigenvalue weighted by atomic mass is 9.90. The Morgan fingerprint density at radius 1 is 1.13 bits per heavy atom. The quantitative estimate of drug-likeness (QED) is 0.724. The van der Waals surface area contributed by atoms with Crippen molar-refractivity contribution in [3.63, 3.8) is 0 Å². The number of piperidine rings is 1. The second kappa shape index (κ2) is 6.44. The zero-order valence-electron chi connectivity index (χ0n) is 15.2. The van der Waals surface area contributed by atoms with Crippen LogP contribution in [0, 0.1) is 11.2 Å². The SMILES string of the molecule is NS(=O)(=O)N1CCC2(CC1)[C@H](c1ccn(-c3ccc(F)cc3C(F)(F)F)n1)C2(F)F. The Labute approximate surface area is 167 Å². The summed E-state index contributed by atoms with van der Waals surface area (Å²) in [6, 6.07) is 3.21. The molecule has 164 valence electrons. The molecule has 1 atom stereocenters. The van der Waals surface area contributed by atoms with Crippen LogP contribution in [0.5, 0.6) is 0 Å². The Kier molecular flexibility index (Phi) is 4.53. The van der Waals surface area contributed by atoms with E-state index in [-0.39, 0.29) is 31.6 Å². The van der Waals surface area contributed by atoms with Gasteiger partial charge < -0.3 is 0 Å². The third-order valence-electron chi connectivity index (χ3n) is 5.89. The van der Waals surface area contributed by atoms with Crippen LogP contribution in [0.2, 0.25) is 0 Å². The first-order valence-corrected chi connectivity index (χ1v) is 10.4. The predicted octanol–water partition coefficient (Wildman–Crippen LogP) is 3.05. The van der Waals surface area contributed by atoms with Crippen molar-refractivity contribution < 1.29 is 34.8 Å². The summed E-state index contributed by atoms with van der Waals surface area (Å²) in [5.41, 5.74) is -3.40. The van der Waals surface area contributed by atoms with Crippen molar-refractivity contribution in [1.29, 1.82) is 0 Å². The van der Waals surface area contributed by atoms with Crippen LogP contribution in [0.15, 0.2) is 30.5 Å². The van der Waals surface area contributed by atoms with E-state index in [1.807, 2.05) is 0 Å². The van der Waals surface area contributed by atoms with E-state index in [9.17, 15) is 34.8 Å². The third-order valence-corrected chi connectivity index (χ3v) is 6.97. The van der Waals surface area contributed by atoms with Crippen LogP contribution in [-0.2, 0) is 16.4 Å². The van der Waals surface area contributed by atoms with Crippen molar-refractivity contribution in [2.24, 2.45) is 10.6 Å². The predicted molar refractivity (Wildman–Crippen MR) is 92.6 cm³/mol. The van der Waals surface area contributed by atoms with Gasteiger partial charge in [0.05, 0.1) is 28.3 Å². The molecule has 2 heterocycles. The molecular formula is C17H16F6N4O2S. The Morgan fingerprint density at radius 2 is 1.77 bits per heavy atom. The number of hydrogen-bond acceptors (Lipinski definition) is 3. The van der Waals surface area contributed by atoms with Crippen molar-refractivity contribution in [1.82, 2.24) is 14.1 Å². The Balaban J connectivity index is 1.63. The standard InChI is InChI=1S/C17H16F6N4O2S/c18-10-1-2-13(11(9-10)17(21,22)23)27-6-3-12(25-27)14-15(16(14,19)20)4-7-26(8-5-15)30(24,28)29/h1-3,6,9,14H,4-5,7-8H2,(H2,24,28,29)/t14-/m0/s1. The number of nitrogens with two attached hydrogens (primary N) is 1. The molecule has 0 amide bonds. The highest BCUT2D eigenvalue weighted by molar-refractivity contribution is 7.86. The molecule has 2 aromatic rings. The van der Waals surface area contributed by atoms with Gasteiger partial charge in [0.1, 0.15) is 5.82 Å². The average Bonchev–Trinajstić information content (AvgIpc) is 2.95. The molecule has 1 aromatic heterocycles. The zero-order chi connectivity index (χ0) is 22.1. The van der Waals surface area contributed by atoms with E-state index in [0.29, 0.717) is 6.07 Å². The van der Waals surface area contributed by atoms with Gasteiger partial charge in [-0.25, -0.2) is 23.0 Å². The Morgan fingerprint density at radius 3 is 2.33 bits per heavy atom. The van der Waals surface area contributed by atoms with Gasteiger partial charge in [-0.1, -0.05) is 0 Å². The first-order valence-electron chi connectivity index (χ1n) is 8.86. The minimum atomic E-state index is -4.87. The fourth-order valence-electron chi connectivity index (χ4n) is 4.30. The fraction of sp³-hybridized carbons (Fsp3) is 0.471. The molecule has 2 aliphatic rings. The van der Waals surface area contributed by atoms with E-state index in [1.165, 1.54) is 6.07 Å². The number of alkyl halides is 5. The normalized spacial score (nSPS) is 23.6. The lowest BCUT2D eigenvalue weighted by Crippen LogP contribution is -2.43. The molecule has 0 radical (unpaired) electrons. The van der Waals surface area contributed by atoms with Crippen molar-refractivity contribution in [2.45, 2.75) is 30.9 Å². The number of aromatic nitrogens is 2. The molecule has 2 fully saturated rings. The summed E-state index contributed by atoms with van der Waals surface area (Å²) in [6.45, 7) is -0.358. The number of benzene rings is 1. The highest BCUT2D eigenvalue weighted by atomic mass is 32.2. The number of hydrogen-bond donors (Lipinski definition) is 1. The van der Waals surface area contributed by atoms with Gasteiger partial charge >= 0.3 is 6.18 Å². The molecule has 1 aliphatic heterocycles. The second-order valence-electron chi connectivity index (χ2n) is 7.50. The summed E-state index contributed by atoms with van der Waals surface area (Å²) in [4.78, 5) is 0. The summed E-state index contributed by atoms with van der Waals surface area (Å²) >= 11 is 0. The fourth-order valence-corrected chi connectivity index (χ4v) is 4.99. The zero-order valence-corrected chi connectivity index (χ0v) is 16.0. The van der Waals surface area contributed by atoms with E-state index in [4.69, 9.17) is 5.14 Å². The van der Waals surface area contributed by atoms with Gasteiger partial charge in [0.25, 0.3) is 16.1 Å². The van der Waals surface area contributed by atoms with Crippen LogP contribution in [0.3, 0.4) is 0 Å². The van der Waals surface area contributed by atoms with Gasteiger partial charge in [-0.2, -0.15) is 31.0 Å². The largest absolute Gasteiger partial charge is 0.418 e. The monoisotopic (exact) mass is 454 g/mol. The molecule has 0 bridgehead atoms. The van der Waals surface area contributed by atoms with Crippen molar-refractivity contribution in [3.05, 3.63) is 47.5 Å². The molecule has 2 N–H and O–H groups in total. The van der Waals surface area contributed by atoms with Crippen LogP contribution in [0.4, 0.5) is 26.3 Å². The lowest BCUT2D eigenvalue weighted by Gasteiger charge is -2.30. The minimum absolute atomic E-state index is 0.110. The van der Waals surface area contributed by atoms with E-state index in [2.05, 4.69) is 5.10 Å². The summed E-state index contributed by atoms with van der Waals surface area (Å²) in [5, 5.41) is 8.95. The van der Waals surface area contributed by atoms with E-state index in [1.54, 1.807) is 0 Å². The van der Waals surface area contributed by atoms with Crippen LogP contribution in [-0.4, -0.2) is 41.5 Å². The van der Waals surface area contributed by atoms with Crippen LogP contribution >= 0.6 is 0 Å². The molecule has 1 aliphatic carbocycles. The molecule has 1 spiro atoms. The Bertz CT molecular complexity index is 1090. The highest BCUT2D eigenvalue weighted by Gasteiger charge is 2.81.